The van der Waals surface area contributed by atoms with Gasteiger partial charge in [-0.1, -0.05) is 30.3 Å². The first-order chi connectivity index (χ1) is 9.08. The van der Waals surface area contributed by atoms with Crippen LogP contribution in [0.4, 0.5) is 0 Å². The molecule has 0 fully saturated rings. The molecule has 0 heterocycles. The Kier molecular flexibility index (Phi) is 3.61. The second-order valence-corrected chi connectivity index (χ2v) is 4.09. The number of hydrogen-bond acceptors (Lipinski definition) is 4. The van der Waals surface area contributed by atoms with Gasteiger partial charge in [0.2, 0.25) is 0 Å². The number of rotatable bonds is 4. The molecule has 0 bridgehead atoms. The van der Waals surface area contributed by atoms with Crippen molar-refractivity contribution in [1.82, 2.24) is 0 Å². The Morgan fingerprint density at radius 1 is 0.895 bits per heavy atom. The summed E-state index contributed by atoms with van der Waals surface area (Å²) in [5.74, 6) is -1.23. The SMILES string of the molecule is O=C(CC(=O)c1cc(O)ccc1O)c1ccccc1. The molecule has 0 atom stereocenters. The molecule has 0 amide bonds. The van der Waals surface area contributed by atoms with Gasteiger partial charge in [-0.2, -0.15) is 0 Å². The van der Waals surface area contributed by atoms with E-state index >= 15 is 0 Å². The molecule has 0 radical (unpaired) electrons. The summed E-state index contributed by atoms with van der Waals surface area (Å²) < 4.78 is 0. The third-order valence-corrected chi connectivity index (χ3v) is 2.70. The Hall–Kier alpha value is -2.62. The minimum atomic E-state index is -0.526. The van der Waals surface area contributed by atoms with Gasteiger partial charge in [0.1, 0.15) is 11.5 Å². The molecule has 2 aromatic carbocycles. The first kappa shape index (κ1) is 12.8. The maximum Gasteiger partial charge on any atom is 0.174 e. The largest absolute Gasteiger partial charge is 0.508 e. The predicted molar refractivity (Wildman–Crippen MR) is 69.5 cm³/mol. The zero-order valence-electron chi connectivity index (χ0n) is 10.0. The van der Waals surface area contributed by atoms with Crippen LogP contribution in [0.1, 0.15) is 27.1 Å². The standard InChI is InChI=1S/C15H12O4/c16-11-6-7-13(17)12(8-11)15(19)9-14(18)10-4-2-1-3-5-10/h1-8,16-17H,9H2. The van der Waals surface area contributed by atoms with E-state index in [1.165, 1.54) is 12.1 Å². The van der Waals surface area contributed by atoms with Crippen LogP contribution in [0, 0.1) is 0 Å². The molecule has 0 aromatic heterocycles. The van der Waals surface area contributed by atoms with Crippen LogP contribution in [0.2, 0.25) is 0 Å². The summed E-state index contributed by atoms with van der Waals surface area (Å²) in [5, 5.41) is 18.8. The van der Waals surface area contributed by atoms with E-state index in [4.69, 9.17) is 0 Å². The Labute approximate surface area is 109 Å². The zero-order chi connectivity index (χ0) is 13.8. The molecule has 2 aromatic rings. The van der Waals surface area contributed by atoms with Crippen molar-refractivity contribution in [3.05, 3.63) is 59.7 Å². The summed E-state index contributed by atoms with van der Waals surface area (Å²) in [6.07, 6.45) is -0.346. The molecule has 0 saturated heterocycles. The highest BCUT2D eigenvalue weighted by atomic mass is 16.3. The van der Waals surface area contributed by atoms with Gasteiger partial charge in [0.25, 0.3) is 0 Å². The van der Waals surface area contributed by atoms with Crippen molar-refractivity contribution in [3.8, 4) is 11.5 Å². The lowest BCUT2D eigenvalue weighted by Gasteiger charge is -2.04. The summed E-state index contributed by atoms with van der Waals surface area (Å²) in [6, 6.07) is 12.1. The quantitative estimate of drug-likeness (QED) is 0.501. The van der Waals surface area contributed by atoms with Crippen molar-refractivity contribution in [2.24, 2.45) is 0 Å². The molecule has 4 nitrogen and oxygen atoms in total. The van der Waals surface area contributed by atoms with Gasteiger partial charge in [-0.05, 0) is 18.2 Å². The molecule has 0 saturated carbocycles. The molecular formula is C15H12O4. The van der Waals surface area contributed by atoms with Gasteiger partial charge in [-0.15, -0.1) is 0 Å². The fourth-order valence-electron chi connectivity index (χ4n) is 1.71. The highest BCUT2D eigenvalue weighted by Gasteiger charge is 2.17. The smallest absolute Gasteiger partial charge is 0.174 e. The zero-order valence-corrected chi connectivity index (χ0v) is 10.0. The highest BCUT2D eigenvalue weighted by Crippen LogP contribution is 2.23. The molecule has 2 rings (SSSR count). The van der Waals surface area contributed by atoms with Crippen LogP contribution in [-0.4, -0.2) is 21.8 Å². The van der Waals surface area contributed by atoms with Gasteiger partial charge in [-0.3, -0.25) is 9.59 Å². The third-order valence-electron chi connectivity index (χ3n) is 2.70. The summed E-state index contributed by atoms with van der Waals surface area (Å²) in [5.41, 5.74) is 0.389. The van der Waals surface area contributed by atoms with Crippen molar-refractivity contribution in [2.45, 2.75) is 6.42 Å². The van der Waals surface area contributed by atoms with Crippen molar-refractivity contribution < 1.29 is 19.8 Å². The van der Waals surface area contributed by atoms with E-state index < -0.39 is 5.78 Å². The van der Waals surface area contributed by atoms with E-state index in [-0.39, 0.29) is 29.3 Å². The van der Waals surface area contributed by atoms with Crippen molar-refractivity contribution in [2.75, 3.05) is 0 Å². The van der Waals surface area contributed by atoms with E-state index in [0.29, 0.717) is 5.56 Å². The average molecular weight is 256 g/mol. The second-order valence-electron chi connectivity index (χ2n) is 4.09. The van der Waals surface area contributed by atoms with E-state index in [1.54, 1.807) is 30.3 Å². The van der Waals surface area contributed by atoms with Crippen LogP contribution in [-0.2, 0) is 0 Å². The molecule has 19 heavy (non-hydrogen) atoms. The Balaban J connectivity index is 2.18. The molecule has 0 unspecified atom stereocenters. The molecule has 0 aliphatic heterocycles. The van der Waals surface area contributed by atoms with E-state index in [2.05, 4.69) is 0 Å². The summed E-state index contributed by atoms with van der Waals surface area (Å²) in [4.78, 5) is 23.8. The van der Waals surface area contributed by atoms with Gasteiger partial charge in [0.05, 0.1) is 12.0 Å². The normalized spacial score (nSPS) is 10.1. The van der Waals surface area contributed by atoms with Crippen LogP contribution < -0.4 is 0 Å². The van der Waals surface area contributed by atoms with Crippen LogP contribution in [0.15, 0.2) is 48.5 Å². The Morgan fingerprint density at radius 2 is 1.58 bits per heavy atom. The average Bonchev–Trinajstić information content (AvgIpc) is 2.42. The van der Waals surface area contributed by atoms with Crippen LogP contribution in [0.3, 0.4) is 0 Å². The molecule has 0 aliphatic carbocycles. The fraction of sp³-hybridized carbons (Fsp3) is 0.0667. The summed E-state index contributed by atoms with van der Waals surface area (Å²) in [6.45, 7) is 0. The number of Topliss-reactive ketones (excluding diaryl/α,β-unsaturated/α-hetero) is 2. The highest BCUT2D eigenvalue weighted by molar-refractivity contribution is 6.14. The first-order valence-electron chi connectivity index (χ1n) is 5.71. The van der Waals surface area contributed by atoms with Crippen molar-refractivity contribution in [3.63, 3.8) is 0 Å². The molecule has 0 aliphatic rings. The number of ketones is 2. The minimum absolute atomic E-state index is 0.0516. The number of phenolic OH excluding ortho intramolecular Hbond substituents is 2. The Morgan fingerprint density at radius 3 is 2.26 bits per heavy atom. The molecule has 4 heteroatoms. The van der Waals surface area contributed by atoms with Crippen LogP contribution in [0.25, 0.3) is 0 Å². The molecular weight excluding hydrogens is 244 g/mol. The lowest BCUT2D eigenvalue weighted by atomic mass is 10.0. The van der Waals surface area contributed by atoms with Gasteiger partial charge >= 0.3 is 0 Å². The summed E-state index contributed by atoms with van der Waals surface area (Å²) >= 11 is 0. The molecule has 2 N–H and O–H groups in total. The number of carbonyl (C=O) groups excluding carboxylic acids is 2. The second kappa shape index (κ2) is 5.35. The van der Waals surface area contributed by atoms with Crippen molar-refractivity contribution >= 4 is 11.6 Å². The lowest BCUT2D eigenvalue weighted by molar-refractivity contribution is 0.0893. The topological polar surface area (TPSA) is 74.6 Å². The number of carbonyl (C=O) groups is 2. The fourth-order valence-corrected chi connectivity index (χ4v) is 1.71. The van der Waals surface area contributed by atoms with E-state index in [9.17, 15) is 19.8 Å². The molecule has 96 valence electrons. The maximum absolute atomic E-state index is 11.9. The minimum Gasteiger partial charge on any atom is -0.508 e. The monoisotopic (exact) mass is 256 g/mol. The van der Waals surface area contributed by atoms with Gasteiger partial charge < -0.3 is 10.2 Å². The van der Waals surface area contributed by atoms with Gasteiger partial charge in [-0.25, -0.2) is 0 Å². The Bertz CT molecular complexity index is 617. The number of phenols is 2. The maximum atomic E-state index is 11.9. The van der Waals surface area contributed by atoms with E-state index in [0.717, 1.165) is 6.07 Å². The molecule has 0 spiro atoms. The van der Waals surface area contributed by atoms with Gasteiger partial charge in [0.15, 0.2) is 11.6 Å². The van der Waals surface area contributed by atoms with E-state index in [1.807, 2.05) is 0 Å². The van der Waals surface area contributed by atoms with Gasteiger partial charge in [0, 0.05) is 5.56 Å². The number of benzene rings is 2. The van der Waals surface area contributed by atoms with Crippen LogP contribution >= 0.6 is 0 Å². The number of hydrogen-bond donors (Lipinski definition) is 2. The first-order valence-corrected chi connectivity index (χ1v) is 5.71. The third kappa shape index (κ3) is 2.98. The lowest BCUT2D eigenvalue weighted by Crippen LogP contribution is -2.08. The predicted octanol–water partition coefficient (Wildman–Crippen LogP) is 2.55. The number of aromatic hydroxyl groups is 2. The van der Waals surface area contributed by atoms with Crippen molar-refractivity contribution in [1.29, 1.82) is 0 Å². The van der Waals surface area contributed by atoms with Crippen LogP contribution in [0.5, 0.6) is 11.5 Å². The summed E-state index contributed by atoms with van der Waals surface area (Å²) in [7, 11) is 0.